The number of hydrogen-bond donors (Lipinski definition) is 1. The summed E-state index contributed by atoms with van der Waals surface area (Å²) in [6, 6.07) is 4.02. The van der Waals surface area contributed by atoms with Crippen LogP contribution in [0.2, 0.25) is 0 Å². The molecule has 5 heteroatoms. The molecule has 20 heavy (non-hydrogen) atoms. The molecule has 2 rings (SSSR count). The van der Waals surface area contributed by atoms with Gasteiger partial charge in [0.1, 0.15) is 5.82 Å². The van der Waals surface area contributed by atoms with Gasteiger partial charge in [0.2, 0.25) is 0 Å². The van der Waals surface area contributed by atoms with Crippen LogP contribution in [0.4, 0.5) is 4.39 Å². The molecule has 4 nitrogen and oxygen atoms in total. The average molecular weight is 281 g/mol. The third kappa shape index (κ3) is 4.58. The fourth-order valence-corrected chi connectivity index (χ4v) is 1.93. The zero-order valence-corrected chi connectivity index (χ0v) is 11.6. The van der Waals surface area contributed by atoms with Gasteiger partial charge in [0.25, 0.3) is 0 Å². The van der Waals surface area contributed by atoms with E-state index in [2.05, 4.69) is 0 Å². The Balaban J connectivity index is 1.77. The summed E-state index contributed by atoms with van der Waals surface area (Å²) in [5.41, 5.74) is 0.473. The molecule has 0 spiro atoms. The Morgan fingerprint density at radius 3 is 2.85 bits per heavy atom. The predicted molar refractivity (Wildman–Crippen MR) is 73.2 cm³/mol. The molecule has 1 aromatic rings. The largest absolute Gasteiger partial charge is 0.478 e. The molecule has 1 fully saturated rings. The zero-order valence-electron chi connectivity index (χ0n) is 11.6. The van der Waals surface area contributed by atoms with E-state index >= 15 is 0 Å². The molecule has 0 heterocycles. The van der Waals surface area contributed by atoms with Crippen LogP contribution in [0, 0.1) is 11.7 Å². The molecule has 1 aliphatic carbocycles. The second kappa shape index (κ2) is 6.81. The maximum atomic E-state index is 13.8. The van der Waals surface area contributed by atoms with Crippen molar-refractivity contribution in [2.75, 3.05) is 26.8 Å². The molecule has 0 amide bonds. The highest BCUT2D eigenvalue weighted by Gasteiger charge is 2.21. The van der Waals surface area contributed by atoms with Crippen LogP contribution in [-0.4, -0.2) is 42.8 Å². The fraction of sp³-hybridized carbons (Fsp3) is 0.533. The molecular formula is C15H20FNO3. The van der Waals surface area contributed by atoms with Gasteiger partial charge < -0.3 is 9.84 Å². The summed E-state index contributed by atoms with van der Waals surface area (Å²) in [6.45, 7) is 2.64. The third-order valence-corrected chi connectivity index (χ3v) is 3.41. The van der Waals surface area contributed by atoms with Gasteiger partial charge in [-0.25, -0.2) is 9.18 Å². The van der Waals surface area contributed by atoms with E-state index in [4.69, 9.17) is 9.84 Å². The second-order valence-electron chi connectivity index (χ2n) is 5.37. The molecule has 1 aromatic carbocycles. The first kappa shape index (κ1) is 14.9. The highest BCUT2D eigenvalue weighted by Crippen LogP contribution is 2.28. The maximum absolute atomic E-state index is 13.8. The van der Waals surface area contributed by atoms with E-state index in [-0.39, 0.29) is 5.56 Å². The number of hydrogen-bond acceptors (Lipinski definition) is 3. The normalized spacial score (nSPS) is 14.8. The molecule has 1 saturated carbocycles. The number of rotatable bonds is 8. The molecule has 0 atom stereocenters. The quantitative estimate of drug-likeness (QED) is 0.743. The van der Waals surface area contributed by atoms with E-state index in [9.17, 15) is 9.18 Å². The smallest absolute Gasteiger partial charge is 0.335 e. The highest BCUT2D eigenvalue weighted by atomic mass is 19.1. The van der Waals surface area contributed by atoms with Crippen LogP contribution in [-0.2, 0) is 11.3 Å². The van der Waals surface area contributed by atoms with Gasteiger partial charge in [0.05, 0.1) is 12.2 Å². The highest BCUT2D eigenvalue weighted by molar-refractivity contribution is 5.87. The molecular weight excluding hydrogens is 261 g/mol. The molecule has 110 valence electrons. The summed E-state index contributed by atoms with van der Waals surface area (Å²) >= 11 is 0. The Morgan fingerprint density at radius 2 is 2.25 bits per heavy atom. The van der Waals surface area contributed by atoms with E-state index in [0.717, 1.165) is 25.1 Å². The van der Waals surface area contributed by atoms with Crippen LogP contribution in [0.15, 0.2) is 18.2 Å². The Labute approximate surface area is 118 Å². The van der Waals surface area contributed by atoms with E-state index in [1.54, 1.807) is 0 Å². The number of carbonyl (C=O) groups is 1. The number of carboxylic acids is 1. The molecule has 1 N–H and O–H groups in total. The van der Waals surface area contributed by atoms with Crippen molar-refractivity contribution < 1.29 is 19.0 Å². The minimum absolute atomic E-state index is 0.0262. The number of nitrogens with zero attached hydrogens (tertiary/aromatic N) is 1. The van der Waals surface area contributed by atoms with Crippen molar-refractivity contribution in [1.29, 1.82) is 0 Å². The number of benzene rings is 1. The Bertz CT molecular complexity index is 474. The van der Waals surface area contributed by atoms with Gasteiger partial charge in [-0.3, -0.25) is 4.90 Å². The van der Waals surface area contributed by atoms with Crippen molar-refractivity contribution in [2.24, 2.45) is 5.92 Å². The molecule has 0 radical (unpaired) electrons. The number of likely N-dealkylation sites (N-methyl/N-ethyl adjacent to an activating group) is 1. The summed E-state index contributed by atoms with van der Waals surface area (Å²) in [6.07, 6.45) is 2.55. The summed E-state index contributed by atoms with van der Waals surface area (Å²) in [5, 5.41) is 8.78. The molecule has 0 aromatic heterocycles. The molecule has 0 unspecified atom stereocenters. The monoisotopic (exact) mass is 281 g/mol. The number of aromatic carboxylic acids is 1. The molecule has 0 saturated heterocycles. The maximum Gasteiger partial charge on any atom is 0.335 e. The van der Waals surface area contributed by atoms with E-state index in [1.165, 1.54) is 25.0 Å². The van der Waals surface area contributed by atoms with Gasteiger partial charge >= 0.3 is 5.97 Å². The lowest BCUT2D eigenvalue weighted by Gasteiger charge is -2.17. The zero-order chi connectivity index (χ0) is 14.5. The van der Waals surface area contributed by atoms with Gasteiger partial charge in [0.15, 0.2) is 0 Å². The van der Waals surface area contributed by atoms with Gasteiger partial charge in [0, 0.05) is 25.3 Å². The van der Waals surface area contributed by atoms with Gasteiger partial charge in [-0.05, 0) is 37.9 Å². The lowest BCUT2D eigenvalue weighted by Crippen LogP contribution is -2.23. The van der Waals surface area contributed by atoms with Gasteiger partial charge in [-0.2, -0.15) is 0 Å². The van der Waals surface area contributed by atoms with E-state index < -0.39 is 11.8 Å². The topological polar surface area (TPSA) is 49.8 Å². The number of carboxylic acid groups (broad SMARTS) is 1. The SMILES string of the molecule is CN(CCOCC1CC1)Cc1ccc(C(=O)O)cc1F. The molecule has 0 bridgehead atoms. The fourth-order valence-electron chi connectivity index (χ4n) is 1.93. The first-order chi connectivity index (χ1) is 9.56. The van der Waals surface area contributed by atoms with Gasteiger partial charge in [-0.1, -0.05) is 6.07 Å². The first-order valence-electron chi connectivity index (χ1n) is 6.84. The summed E-state index contributed by atoms with van der Waals surface area (Å²) < 4.78 is 19.3. The van der Waals surface area contributed by atoms with Crippen molar-refractivity contribution in [1.82, 2.24) is 4.90 Å². The summed E-state index contributed by atoms with van der Waals surface area (Å²) in [5.74, 6) is -0.839. The van der Waals surface area contributed by atoms with Crippen molar-refractivity contribution in [3.05, 3.63) is 35.1 Å². The van der Waals surface area contributed by atoms with Crippen LogP contribution in [0.1, 0.15) is 28.8 Å². The first-order valence-corrected chi connectivity index (χ1v) is 6.84. The van der Waals surface area contributed by atoms with Crippen molar-refractivity contribution >= 4 is 5.97 Å². The van der Waals surface area contributed by atoms with Crippen LogP contribution < -0.4 is 0 Å². The Kier molecular flexibility index (Phi) is 5.09. The van der Waals surface area contributed by atoms with Crippen molar-refractivity contribution in [2.45, 2.75) is 19.4 Å². The van der Waals surface area contributed by atoms with Gasteiger partial charge in [-0.15, -0.1) is 0 Å². The summed E-state index contributed by atoms with van der Waals surface area (Å²) in [4.78, 5) is 12.7. The number of ether oxygens (including phenoxy) is 1. The standard InChI is InChI=1S/C15H20FNO3/c1-17(6-7-20-10-11-2-3-11)9-13-5-4-12(15(18)19)8-14(13)16/h4-5,8,11H,2-3,6-7,9-10H2,1H3,(H,18,19). The second-order valence-corrected chi connectivity index (χ2v) is 5.37. The molecule has 1 aliphatic rings. The van der Waals surface area contributed by atoms with Crippen LogP contribution in [0.3, 0.4) is 0 Å². The van der Waals surface area contributed by atoms with E-state index in [1.807, 2.05) is 11.9 Å². The summed E-state index contributed by atoms with van der Waals surface area (Å²) in [7, 11) is 1.89. The van der Waals surface area contributed by atoms with Crippen LogP contribution in [0.5, 0.6) is 0 Å². The van der Waals surface area contributed by atoms with Crippen LogP contribution in [0.25, 0.3) is 0 Å². The average Bonchev–Trinajstić information content (AvgIpc) is 3.21. The lowest BCUT2D eigenvalue weighted by molar-refractivity contribution is 0.0696. The number of halogens is 1. The Hall–Kier alpha value is -1.46. The Morgan fingerprint density at radius 1 is 1.50 bits per heavy atom. The van der Waals surface area contributed by atoms with Crippen molar-refractivity contribution in [3.63, 3.8) is 0 Å². The van der Waals surface area contributed by atoms with E-state index in [0.29, 0.717) is 18.7 Å². The van der Waals surface area contributed by atoms with Crippen molar-refractivity contribution in [3.8, 4) is 0 Å². The van der Waals surface area contributed by atoms with Crippen LogP contribution >= 0.6 is 0 Å². The minimum Gasteiger partial charge on any atom is -0.478 e. The minimum atomic E-state index is -1.11. The third-order valence-electron chi connectivity index (χ3n) is 3.41. The predicted octanol–water partition coefficient (Wildman–Crippen LogP) is 2.38. The lowest BCUT2D eigenvalue weighted by atomic mass is 10.1. The molecule has 0 aliphatic heterocycles.